The first-order valence-electron chi connectivity index (χ1n) is 5.90. The number of aryl methyl sites for hydroxylation is 1. The van der Waals surface area contributed by atoms with Gasteiger partial charge in [0.15, 0.2) is 0 Å². The maximum atomic E-state index is 12.8. The fraction of sp³-hybridized carbons (Fsp3) is 0.231. The first kappa shape index (κ1) is 15.4. The van der Waals surface area contributed by atoms with E-state index in [0.717, 1.165) is 12.1 Å². The summed E-state index contributed by atoms with van der Waals surface area (Å²) in [5.41, 5.74) is 5.87. The smallest absolute Gasteiger partial charge is 0.384 e. The van der Waals surface area contributed by atoms with Crippen LogP contribution in [0.15, 0.2) is 18.2 Å². The summed E-state index contributed by atoms with van der Waals surface area (Å²) in [7, 11) is 0. The predicted octanol–water partition coefficient (Wildman–Crippen LogP) is 3.45. The number of rotatable bonds is 2. The third kappa shape index (κ3) is 2.73. The number of halogens is 4. The van der Waals surface area contributed by atoms with Gasteiger partial charge in [-0.3, -0.25) is 5.41 Å². The van der Waals surface area contributed by atoms with Crippen LogP contribution in [0.4, 0.5) is 13.2 Å². The molecule has 0 radical (unpaired) electrons. The fourth-order valence-corrected chi connectivity index (χ4v) is 2.09. The van der Waals surface area contributed by atoms with Crippen LogP contribution in [-0.4, -0.2) is 15.6 Å². The van der Waals surface area contributed by atoms with Gasteiger partial charge in [-0.05, 0) is 32.0 Å². The quantitative estimate of drug-likeness (QED) is 0.658. The molecule has 0 amide bonds. The number of hydrogen-bond acceptors (Lipinski definition) is 2. The van der Waals surface area contributed by atoms with Crippen molar-refractivity contribution in [3.8, 4) is 5.69 Å². The second kappa shape index (κ2) is 5.07. The second-order valence-corrected chi connectivity index (χ2v) is 4.92. The molecule has 0 aliphatic carbocycles. The summed E-state index contributed by atoms with van der Waals surface area (Å²) in [4.78, 5) is 0. The van der Waals surface area contributed by atoms with E-state index in [2.05, 4.69) is 5.10 Å². The van der Waals surface area contributed by atoms with Crippen LogP contribution in [0.1, 0.15) is 22.5 Å². The van der Waals surface area contributed by atoms with Crippen LogP contribution in [0.3, 0.4) is 0 Å². The SMILES string of the molecule is Cc1nn(-c2ccc(C(F)(F)F)cc2C(=N)N)c(C)c1Cl. The lowest BCUT2D eigenvalue weighted by Crippen LogP contribution is -2.18. The highest BCUT2D eigenvalue weighted by Crippen LogP contribution is 2.32. The molecule has 2 rings (SSSR count). The van der Waals surface area contributed by atoms with E-state index in [9.17, 15) is 13.2 Å². The van der Waals surface area contributed by atoms with Gasteiger partial charge in [0.2, 0.25) is 0 Å². The zero-order valence-electron chi connectivity index (χ0n) is 11.2. The lowest BCUT2D eigenvalue weighted by Gasteiger charge is -2.13. The Morgan fingerprint density at radius 3 is 2.38 bits per heavy atom. The highest BCUT2D eigenvalue weighted by Gasteiger charge is 2.31. The number of nitrogens with zero attached hydrogens (tertiary/aromatic N) is 2. The maximum Gasteiger partial charge on any atom is 0.416 e. The number of nitrogens with one attached hydrogen (secondary N) is 1. The molecule has 112 valence electrons. The molecule has 0 aliphatic heterocycles. The number of alkyl halides is 3. The standard InChI is InChI=1S/C13H12ClF3N4/c1-6-11(14)7(2)21(20-6)10-4-3-8(13(15,16)17)5-9(10)12(18)19/h3-5H,1-2H3,(H3,18,19). The summed E-state index contributed by atoms with van der Waals surface area (Å²) >= 11 is 6.04. The Labute approximate surface area is 123 Å². The molecule has 0 atom stereocenters. The van der Waals surface area contributed by atoms with Crippen molar-refractivity contribution >= 4 is 17.4 Å². The van der Waals surface area contributed by atoms with E-state index in [1.807, 2.05) is 0 Å². The monoisotopic (exact) mass is 316 g/mol. The van der Waals surface area contributed by atoms with Gasteiger partial charge in [-0.25, -0.2) is 4.68 Å². The van der Waals surface area contributed by atoms with Crippen LogP contribution in [0.25, 0.3) is 5.69 Å². The van der Waals surface area contributed by atoms with E-state index in [-0.39, 0.29) is 11.3 Å². The average Bonchev–Trinajstić information content (AvgIpc) is 2.64. The summed E-state index contributed by atoms with van der Waals surface area (Å²) in [5.74, 6) is -0.472. The number of hydrogen-bond donors (Lipinski definition) is 2. The fourth-order valence-electron chi connectivity index (χ4n) is 1.97. The van der Waals surface area contributed by atoms with Crippen molar-refractivity contribution < 1.29 is 13.2 Å². The summed E-state index contributed by atoms with van der Waals surface area (Å²) < 4.78 is 39.7. The number of aromatic nitrogens is 2. The molecule has 21 heavy (non-hydrogen) atoms. The van der Waals surface area contributed by atoms with Crippen LogP contribution in [0.2, 0.25) is 5.02 Å². The van der Waals surface area contributed by atoms with Crippen molar-refractivity contribution in [2.75, 3.05) is 0 Å². The molecule has 1 aromatic carbocycles. The zero-order chi connectivity index (χ0) is 15.9. The summed E-state index contributed by atoms with van der Waals surface area (Å²) in [6, 6.07) is 2.99. The van der Waals surface area contributed by atoms with E-state index < -0.39 is 17.6 Å². The Morgan fingerprint density at radius 1 is 1.33 bits per heavy atom. The third-order valence-corrected chi connectivity index (χ3v) is 3.59. The molecule has 0 fully saturated rings. The molecule has 2 aromatic rings. The largest absolute Gasteiger partial charge is 0.416 e. The molecule has 0 bridgehead atoms. The van der Waals surface area contributed by atoms with Crippen molar-refractivity contribution in [1.29, 1.82) is 5.41 Å². The maximum absolute atomic E-state index is 12.8. The topological polar surface area (TPSA) is 67.7 Å². The van der Waals surface area contributed by atoms with Gasteiger partial charge in [-0.1, -0.05) is 11.6 Å². The summed E-state index contributed by atoms with van der Waals surface area (Å²) in [6.07, 6.45) is -4.50. The average molecular weight is 317 g/mol. The minimum atomic E-state index is -4.50. The van der Waals surface area contributed by atoms with E-state index in [1.54, 1.807) is 13.8 Å². The van der Waals surface area contributed by atoms with Gasteiger partial charge >= 0.3 is 6.18 Å². The first-order valence-corrected chi connectivity index (χ1v) is 6.28. The molecule has 0 spiro atoms. The summed E-state index contributed by atoms with van der Waals surface area (Å²) in [6.45, 7) is 3.37. The lowest BCUT2D eigenvalue weighted by atomic mass is 10.1. The Hall–Kier alpha value is -2.02. The van der Waals surface area contributed by atoms with Crippen LogP contribution < -0.4 is 5.73 Å². The van der Waals surface area contributed by atoms with Crippen LogP contribution in [0.5, 0.6) is 0 Å². The molecule has 1 aromatic heterocycles. The Balaban J connectivity index is 2.69. The van der Waals surface area contributed by atoms with E-state index >= 15 is 0 Å². The summed E-state index contributed by atoms with van der Waals surface area (Å²) in [5, 5.41) is 12.1. The number of amidine groups is 1. The molecule has 0 saturated heterocycles. The van der Waals surface area contributed by atoms with E-state index in [0.29, 0.717) is 16.4 Å². The van der Waals surface area contributed by atoms with Crippen molar-refractivity contribution in [3.63, 3.8) is 0 Å². The third-order valence-electron chi connectivity index (χ3n) is 3.05. The molecule has 4 nitrogen and oxygen atoms in total. The van der Waals surface area contributed by atoms with Gasteiger partial charge in [-0.2, -0.15) is 18.3 Å². The van der Waals surface area contributed by atoms with Gasteiger partial charge in [-0.15, -0.1) is 0 Å². The minimum absolute atomic E-state index is 0.0490. The van der Waals surface area contributed by atoms with Crippen molar-refractivity contribution in [2.45, 2.75) is 20.0 Å². The molecular formula is C13H12ClF3N4. The Morgan fingerprint density at radius 2 is 1.95 bits per heavy atom. The van der Waals surface area contributed by atoms with Crippen molar-refractivity contribution in [2.24, 2.45) is 5.73 Å². The predicted molar refractivity (Wildman–Crippen MR) is 74.1 cm³/mol. The first-order chi connectivity index (χ1) is 9.62. The lowest BCUT2D eigenvalue weighted by molar-refractivity contribution is -0.137. The molecule has 3 N–H and O–H groups in total. The molecule has 0 saturated carbocycles. The highest BCUT2D eigenvalue weighted by atomic mass is 35.5. The number of benzene rings is 1. The highest BCUT2D eigenvalue weighted by molar-refractivity contribution is 6.31. The molecule has 0 unspecified atom stereocenters. The van der Waals surface area contributed by atoms with Gasteiger partial charge in [0.25, 0.3) is 0 Å². The van der Waals surface area contributed by atoms with Crippen molar-refractivity contribution in [3.05, 3.63) is 45.7 Å². The van der Waals surface area contributed by atoms with E-state index in [4.69, 9.17) is 22.7 Å². The molecule has 1 heterocycles. The van der Waals surface area contributed by atoms with Crippen LogP contribution in [0, 0.1) is 19.3 Å². The van der Waals surface area contributed by atoms with Gasteiger partial charge in [0.1, 0.15) is 5.84 Å². The second-order valence-electron chi connectivity index (χ2n) is 4.54. The Bertz CT molecular complexity index is 719. The van der Waals surface area contributed by atoms with Gasteiger partial charge in [0, 0.05) is 5.56 Å². The van der Waals surface area contributed by atoms with Crippen molar-refractivity contribution in [1.82, 2.24) is 9.78 Å². The van der Waals surface area contributed by atoms with Crippen LogP contribution in [-0.2, 0) is 6.18 Å². The molecule has 0 aliphatic rings. The van der Waals surface area contributed by atoms with E-state index in [1.165, 1.54) is 10.7 Å². The van der Waals surface area contributed by atoms with Gasteiger partial charge < -0.3 is 5.73 Å². The van der Waals surface area contributed by atoms with Gasteiger partial charge in [0.05, 0.1) is 27.7 Å². The Kier molecular flexibility index (Phi) is 3.71. The van der Waals surface area contributed by atoms with Crippen LogP contribution >= 0.6 is 11.6 Å². The number of nitrogen functional groups attached to an aromatic ring is 1. The molecular weight excluding hydrogens is 305 g/mol. The molecule has 8 heteroatoms. The number of nitrogens with two attached hydrogens (primary N) is 1. The normalized spacial score (nSPS) is 11.7. The zero-order valence-corrected chi connectivity index (χ0v) is 12.0. The minimum Gasteiger partial charge on any atom is -0.384 e.